The van der Waals surface area contributed by atoms with E-state index in [4.69, 9.17) is 0 Å². The molecule has 0 aliphatic heterocycles. The highest BCUT2D eigenvalue weighted by molar-refractivity contribution is 5.99. The molecule has 0 spiro atoms. The molecular weight excluding hydrogens is 585 g/mol. The van der Waals surface area contributed by atoms with Crippen molar-refractivity contribution in [1.29, 1.82) is 0 Å². The number of para-hydroxylation sites is 1. The van der Waals surface area contributed by atoms with Crippen LogP contribution in [-0.4, -0.2) is 68.9 Å². The second-order valence-electron chi connectivity index (χ2n) is 11.7. The molecule has 236 valence electrons. The zero-order chi connectivity index (χ0) is 32.2. The number of nitrogens with zero attached hydrogens (tertiary/aromatic N) is 4. The third-order valence-electron chi connectivity index (χ3n) is 7.67. The highest BCUT2D eigenvalue weighted by Crippen LogP contribution is 2.39. The molecule has 1 fully saturated rings. The first-order valence-electron chi connectivity index (χ1n) is 14.6. The molecule has 2 amide bonds. The lowest BCUT2D eigenvalue weighted by Crippen LogP contribution is -2.51. The number of benzene rings is 1. The van der Waals surface area contributed by atoms with Crippen LogP contribution in [0.3, 0.4) is 0 Å². The van der Waals surface area contributed by atoms with Gasteiger partial charge in [-0.3, -0.25) is 9.59 Å². The van der Waals surface area contributed by atoms with Gasteiger partial charge in [-0.15, -0.1) is 0 Å². The van der Waals surface area contributed by atoms with Gasteiger partial charge >= 0.3 is 6.18 Å². The molecule has 45 heavy (non-hydrogen) atoms. The number of H-pyrrole nitrogens is 1. The predicted molar refractivity (Wildman–Crippen MR) is 167 cm³/mol. The van der Waals surface area contributed by atoms with E-state index in [1.165, 1.54) is 18.5 Å². The van der Waals surface area contributed by atoms with Crippen molar-refractivity contribution in [2.75, 3.05) is 31.3 Å². The first kappa shape index (κ1) is 31.6. The third-order valence-corrected chi connectivity index (χ3v) is 7.67. The minimum absolute atomic E-state index is 0.0831. The average molecular weight is 621 g/mol. The maximum atomic E-state index is 14.0. The molecule has 10 nitrogen and oxygen atoms in total. The normalized spacial score (nSPS) is 18.8. The molecule has 1 saturated carbocycles. The van der Waals surface area contributed by atoms with Crippen LogP contribution in [0.15, 0.2) is 67.1 Å². The fourth-order valence-electron chi connectivity index (χ4n) is 5.53. The van der Waals surface area contributed by atoms with Crippen LogP contribution in [0.1, 0.15) is 48.7 Å². The Morgan fingerprint density at radius 2 is 1.93 bits per heavy atom. The van der Waals surface area contributed by atoms with Gasteiger partial charge in [0.15, 0.2) is 0 Å². The Hall–Kier alpha value is -4.78. The molecule has 3 heterocycles. The number of likely N-dealkylation sites (N-methyl/N-ethyl adjacent to an activating group) is 1. The Morgan fingerprint density at radius 1 is 1.13 bits per heavy atom. The number of aromatic amines is 1. The standard InChI is InChI=1S/C32H35F3N8O2/c1-31(42-29(45)26-13-12-21(17-36-26)39-27(44)11-7-15-43(2)3)14-6-8-20(16-31)40-30-38-19-24(32(33,34)35)28(41-30)23-18-37-25-10-5-4-9-22(23)25/h4-5,7,9-13,17-20,37H,6,8,14-16H2,1-3H3,(H,39,44)(H,42,45)(H,38,40,41)/b11-7+/t20-,31+/m1/s1. The SMILES string of the molecule is CN(C)C/C=C/C(=O)Nc1ccc(C(=O)N[C@@]2(C)CCC[C@@H](Nc3ncc(C(F)(F)F)c(-c4c[nH]c5ccccc45)n3)C2)nc1. The van der Waals surface area contributed by atoms with Crippen molar-refractivity contribution in [2.24, 2.45) is 0 Å². The van der Waals surface area contributed by atoms with Crippen molar-refractivity contribution in [3.63, 3.8) is 0 Å². The summed E-state index contributed by atoms with van der Waals surface area (Å²) in [4.78, 5) is 42.7. The minimum atomic E-state index is -4.64. The van der Waals surface area contributed by atoms with Crippen LogP contribution in [0.25, 0.3) is 22.2 Å². The van der Waals surface area contributed by atoms with Gasteiger partial charge in [-0.2, -0.15) is 13.2 Å². The lowest BCUT2D eigenvalue weighted by atomic mass is 9.80. The second-order valence-corrected chi connectivity index (χ2v) is 11.7. The number of rotatable bonds is 9. The summed E-state index contributed by atoms with van der Waals surface area (Å²) in [6, 6.07) is 10.1. The van der Waals surface area contributed by atoms with Gasteiger partial charge in [-0.25, -0.2) is 15.0 Å². The van der Waals surface area contributed by atoms with Crippen LogP contribution >= 0.6 is 0 Å². The number of hydrogen-bond acceptors (Lipinski definition) is 7. The van der Waals surface area contributed by atoms with Crippen molar-refractivity contribution >= 4 is 34.4 Å². The van der Waals surface area contributed by atoms with E-state index < -0.39 is 17.3 Å². The number of hydrogen-bond donors (Lipinski definition) is 4. The minimum Gasteiger partial charge on any atom is -0.360 e. The lowest BCUT2D eigenvalue weighted by Gasteiger charge is -2.39. The summed E-state index contributed by atoms with van der Waals surface area (Å²) in [5.74, 6) is -0.580. The maximum Gasteiger partial charge on any atom is 0.419 e. The first-order valence-corrected chi connectivity index (χ1v) is 14.6. The molecule has 3 aromatic heterocycles. The third kappa shape index (κ3) is 7.85. The van der Waals surface area contributed by atoms with E-state index in [0.717, 1.165) is 19.0 Å². The Balaban J connectivity index is 1.25. The summed E-state index contributed by atoms with van der Waals surface area (Å²) in [5.41, 5.74) is -0.0384. The van der Waals surface area contributed by atoms with Gasteiger partial charge in [0.1, 0.15) is 11.3 Å². The number of amides is 2. The molecule has 13 heteroatoms. The zero-order valence-corrected chi connectivity index (χ0v) is 25.2. The Morgan fingerprint density at radius 3 is 2.67 bits per heavy atom. The van der Waals surface area contributed by atoms with Gasteiger partial charge in [0.05, 0.1) is 17.6 Å². The summed E-state index contributed by atoms with van der Waals surface area (Å²) < 4.78 is 41.9. The molecule has 1 aliphatic rings. The zero-order valence-electron chi connectivity index (χ0n) is 25.2. The van der Waals surface area contributed by atoms with Gasteiger partial charge in [0.2, 0.25) is 11.9 Å². The molecule has 5 rings (SSSR count). The van der Waals surface area contributed by atoms with Gasteiger partial charge in [0.25, 0.3) is 5.91 Å². The monoisotopic (exact) mass is 620 g/mol. The Kier molecular flexibility index (Phi) is 9.19. The van der Waals surface area contributed by atoms with E-state index in [-0.39, 0.29) is 35.2 Å². The van der Waals surface area contributed by atoms with E-state index >= 15 is 0 Å². The van der Waals surface area contributed by atoms with Gasteiger partial charge in [0, 0.05) is 53.1 Å². The van der Waals surface area contributed by atoms with E-state index in [1.807, 2.05) is 25.9 Å². The molecule has 1 aliphatic carbocycles. The van der Waals surface area contributed by atoms with E-state index in [1.54, 1.807) is 42.5 Å². The first-order chi connectivity index (χ1) is 21.4. The van der Waals surface area contributed by atoms with Crippen LogP contribution in [0.2, 0.25) is 0 Å². The fourth-order valence-corrected chi connectivity index (χ4v) is 5.53. The largest absolute Gasteiger partial charge is 0.419 e. The van der Waals surface area contributed by atoms with Crippen molar-refractivity contribution in [2.45, 2.75) is 50.4 Å². The van der Waals surface area contributed by atoms with Gasteiger partial charge in [-0.05, 0) is 64.9 Å². The van der Waals surface area contributed by atoms with E-state index in [9.17, 15) is 22.8 Å². The lowest BCUT2D eigenvalue weighted by molar-refractivity contribution is -0.137. The van der Waals surface area contributed by atoms with E-state index in [0.29, 0.717) is 41.5 Å². The van der Waals surface area contributed by atoms with E-state index in [2.05, 4.69) is 35.9 Å². The highest BCUT2D eigenvalue weighted by Gasteiger charge is 2.37. The predicted octanol–water partition coefficient (Wildman–Crippen LogP) is 5.64. The Bertz CT molecular complexity index is 1700. The van der Waals surface area contributed by atoms with Crippen molar-refractivity contribution in [3.8, 4) is 11.3 Å². The number of pyridine rings is 1. The highest BCUT2D eigenvalue weighted by atomic mass is 19.4. The average Bonchev–Trinajstić information content (AvgIpc) is 3.41. The van der Waals surface area contributed by atoms with Crippen LogP contribution < -0.4 is 16.0 Å². The van der Waals surface area contributed by atoms with Crippen molar-refractivity contribution in [3.05, 3.63) is 78.4 Å². The number of fused-ring (bicyclic) bond motifs is 1. The molecule has 0 unspecified atom stereocenters. The summed E-state index contributed by atoms with van der Waals surface area (Å²) >= 11 is 0. The molecule has 0 radical (unpaired) electrons. The number of alkyl halides is 3. The van der Waals surface area contributed by atoms with Crippen molar-refractivity contribution in [1.82, 2.24) is 30.2 Å². The number of nitrogens with one attached hydrogen (secondary N) is 4. The molecule has 4 aromatic rings. The quantitative estimate of drug-likeness (QED) is 0.178. The molecule has 1 aromatic carbocycles. The molecular formula is C32H35F3N8O2. The Labute approximate surface area is 258 Å². The summed E-state index contributed by atoms with van der Waals surface area (Å²) in [6.45, 7) is 2.56. The van der Waals surface area contributed by atoms with Crippen LogP contribution in [0.5, 0.6) is 0 Å². The smallest absolute Gasteiger partial charge is 0.360 e. The van der Waals surface area contributed by atoms with Crippen LogP contribution in [0.4, 0.5) is 24.8 Å². The number of aromatic nitrogens is 4. The summed E-state index contributed by atoms with van der Waals surface area (Å²) in [7, 11) is 3.80. The summed E-state index contributed by atoms with van der Waals surface area (Å²) in [6.07, 6.45) is 5.01. The number of carbonyl (C=O) groups is 2. The molecule has 0 bridgehead atoms. The number of halogens is 3. The number of carbonyl (C=O) groups excluding carboxylic acids is 2. The van der Waals surface area contributed by atoms with Gasteiger partial charge < -0.3 is 25.8 Å². The maximum absolute atomic E-state index is 14.0. The molecule has 0 saturated heterocycles. The fraction of sp³-hybridized carbons (Fsp3) is 0.344. The second kappa shape index (κ2) is 13.1. The topological polar surface area (TPSA) is 128 Å². The summed E-state index contributed by atoms with van der Waals surface area (Å²) in [5, 5.41) is 9.62. The molecule has 2 atom stereocenters. The van der Waals surface area contributed by atoms with Gasteiger partial charge in [-0.1, -0.05) is 24.3 Å². The number of anilines is 2. The van der Waals surface area contributed by atoms with Crippen LogP contribution in [0, 0.1) is 0 Å². The van der Waals surface area contributed by atoms with Crippen molar-refractivity contribution < 1.29 is 22.8 Å². The molecule has 4 N–H and O–H groups in total. The van der Waals surface area contributed by atoms with Crippen LogP contribution in [-0.2, 0) is 11.0 Å².